The van der Waals surface area contributed by atoms with Gasteiger partial charge >= 0.3 is 5.97 Å². The zero-order valence-electron chi connectivity index (χ0n) is 10.7. The van der Waals surface area contributed by atoms with E-state index >= 15 is 0 Å². The molecule has 0 saturated carbocycles. The van der Waals surface area contributed by atoms with Crippen molar-refractivity contribution in [3.05, 3.63) is 29.8 Å². The molecule has 0 aliphatic heterocycles. The third-order valence-electron chi connectivity index (χ3n) is 2.30. The topological polar surface area (TPSA) is 70.0 Å². The van der Waals surface area contributed by atoms with E-state index in [1.54, 1.807) is 24.3 Å². The molecule has 0 aliphatic rings. The normalized spacial score (nSPS) is 12.4. The van der Waals surface area contributed by atoms with Crippen molar-refractivity contribution in [2.75, 3.05) is 27.2 Å². The molecule has 0 heterocycles. The number of aliphatic carboxylic acids is 1. The predicted octanol–water partition coefficient (Wildman–Crippen LogP) is 0.615. The lowest BCUT2D eigenvalue weighted by atomic mass is 10.1. The fourth-order valence-electron chi connectivity index (χ4n) is 1.54. The summed E-state index contributed by atoms with van der Waals surface area (Å²) in [5.74, 6) is -0.230. The van der Waals surface area contributed by atoms with Crippen molar-refractivity contribution in [2.45, 2.75) is 12.5 Å². The summed E-state index contributed by atoms with van der Waals surface area (Å²) in [5.41, 5.74) is 0.726. The minimum Gasteiger partial charge on any atom is -0.491 e. The minimum absolute atomic E-state index is 0.00351. The highest BCUT2D eigenvalue weighted by Gasteiger charge is 2.06. The van der Waals surface area contributed by atoms with Gasteiger partial charge in [0.1, 0.15) is 18.5 Å². The summed E-state index contributed by atoms with van der Waals surface area (Å²) in [6, 6.07) is 6.84. The second kappa shape index (κ2) is 6.98. The number of nitrogens with zero attached hydrogens (tertiary/aromatic N) is 1. The highest BCUT2D eigenvalue weighted by atomic mass is 16.5. The molecule has 100 valence electrons. The van der Waals surface area contributed by atoms with Gasteiger partial charge in [0.05, 0.1) is 6.42 Å². The first-order valence-corrected chi connectivity index (χ1v) is 5.73. The number of likely N-dealkylation sites (N-methyl/N-ethyl adjacent to an activating group) is 1. The summed E-state index contributed by atoms with van der Waals surface area (Å²) in [7, 11) is 3.76. The van der Waals surface area contributed by atoms with Crippen molar-refractivity contribution in [1.82, 2.24) is 4.90 Å². The monoisotopic (exact) mass is 253 g/mol. The number of aliphatic hydroxyl groups is 1. The standard InChI is InChI=1S/C13H19NO4/c1-14(2)8-11(15)9-18-12-5-3-10(4-6-12)7-13(16)17/h3-6,11,15H,7-9H2,1-2H3,(H,16,17). The van der Waals surface area contributed by atoms with Crippen LogP contribution in [0.25, 0.3) is 0 Å². The molecule has 0 saturated heterocycles. The molecular formula is C13H19NO4. The van der Waals surface area contributed by atoms with Crippen LogP contribution in [0, 0.1) is 0 Å². The first-order valence-electron chi connectivity index (χ1n) is 5.73. The van der Waals surface area contributed by atoms with Crippen LogP contribution in [-0.4, -0.2) is 54.4 Å². The maximum absolute atomic E-state index is 10.5. The largest absolute Gasteiger partial charge is 0.491 e. The molecule has 0 aromatic heterocycles. The van der Waals surface area contributed by atoms with Crippen LogP contribution in [0.1, 0.15) is 5.56 Å². The average Bonchev–Trinajstić information content (AvgIpc) is 2.26. The molecule has 1 rings (SSSR count). The minimum atomic E-state index is -0.856. The molecule has 0 aliphatic carbocycles. The van der Waals surface area contributed by atoms with E-state index in [4.69, 9.17) is 9.84 Å². The molecule has 0 radical (unpaired) electrons. The van der Waals surface area contributed by atoms with E-state index in [9.17, 15) is 9.90 Å². The second-order valence-electron chi connectivity index (χ2n) is 4.44. The number of carboxylic acid groups (broad SMARTS) is 1. The van der Waals surface area contributed by atoms with Gasteiger partial charge in [-0.15, -0.1) is 0 Å². The summed E-state index contributed by atoms with van der Waals surface area (Å²) >= 11 is 0. The SMILES string of the molecule is CN(C)CC(O)COc1ccc(CC(=O)O)cc1. The summed E-state index contributed by atoms with van der Waals surface area (Å²) in [5, 5.41) is 18.2. The first kappa shape index (κ1) is 14.5. The Morgan fingerprint density at radius 3 is 2.44 bits per heavy atom. The Morgan fingerprint density at radius 1 is 1.33 bits per heavy atom. The highest BCUT2D eigenvalue weighted by molar-refractivity contribution is 5.70. The molecule has 5 nitrogen and oxygen atoms in total. The van der Waals surface area contributed by atoms with Crippen molar-refractivity contribution >= 4 is 5.97 Å². The van der Waals surface area contributed by atoms with Crippen LogP contribution in [-0.2, 0) is 11.2 Å². The Bertz CT molecular complexity index is 375. The van der Waals surface area contributed by atoms with E-state index in [0.29, 0.717) is 12.3 Å². The molecule has 5 heteroatoms. The van der Waals surface area contributed by atoms with E-state index in [0.717, 1.165) is 5.56 Å². The van der Waals surface area contributed by atoms with Gasteiger partial charge in [-0.2, -0.15) is 0 Å². The van der Waals surface area contributed by atoms with E-state index in [2.05, 4.69) is 0 Å². The lowest BCUT2D eigenvalue weighted by molar-refractivity contribution is -0.136. The number of hydrogen-bond acceptors (Lipinski definition) is 4. The van der Waals surface area contributed by atoms with Crippen molar-refractivity contribution in [3.63, 3.8) is 0 Å². The number of aliphatic hydroxyl groups excluding tert-OH is 1. The van der Waals surface area contributed by atoms with Gasteiger partial charge < -0.3 is 19.8 Å². The van der Waals surface area contributed by atoms with Crippen LogP contribution < -0.4 is 4.74 Å². The van der Waals surface area contributed by atoms with Crippen molar-refractivity contribution in [3.8, 4) is 5.75 Å². The van der Waals surface area contributed by atoms with Crippen LogP contribution in [0.5, 0.6) is 5.75 Å². The fraction of sp³-hybridized carbons (Fsp3) is 0.462. The lowest BCUT2D eigenvalue weighted by Crippen LogP contribution is -2.30. The van der Waals surface area contributed by atoms with Crippen LogP contribution in [0.15, 0.2) is 24.3 Å². The molecule has 0 spiro atoms. The molecule has 0 bridgehead atoms. The van der Waals surface area contributed by atoms with Gasteiger partial charge in [-0.1, -0.05) is 12.1 Å². The quantitative estimate of drug-likeness (QED) is 0.745. The maximum Gasteiger partial charge on any atom is 0.307 e. The first-order chi connectivity index (χ1) is 8.47. The van der Waals surface area contributed by atoms with E-state index in [1.165, 1.54) is 0 Å². The number of carbonyl (C=O) groups is 1. The van der Waals surface area contributed by atoms with Crippen LogP contribution in [0.4, 0.5) is 0 Å². The summed E-state index contributed by atoms with van der Waals surface area (Å²) in [4.78, 5) is 12.4. The Labute approximate surface area is 107 Å². The molecule has 2 N–H and O–H groups in total. The van der Waals surface area contributed by atoms with Crippen LogP contribution in [0.3, 0.4) is 0 Å². The number of benzene rings is 1. The van der Waals surface area contributed by atoms with E-state index < -0.39 is 12.1 Å². The number of hydrogen-bond donors (Lipinski definition) is 2. The third-order valence-corrected chi connectivity index (χ3v) is 2.30. The summed E-state index contributed by atoms with van der Waals surface area (Å²) < 4.78 is 5.40. The van der Waals surface area contributed by atoms with Gasteiger partial charge in [-0.05, 0) is 31.8 Å². The number of rotatable bonds is 7. The van der Waals surface area contributed by atoms with Gasteiger partial charge in [0.15, 0.2) is 0 Å². The number of ether oxygens (including phenoxy) is 1. The maximum atomic E-state index is 10.5. The molecular weight excluding hydrogens is 234 g/mol. The van der Waals surface area contributed by atoms with E-state index in [1.807, 2.05) is 19.0 Å². The molecule has 1 unspecified atom stereocenters. The smallest absolute Gasteiger partial charge is 0.307 e. The van der Waals surface area contributed by atoms with Gasteiger partial charge in [0.2, 0.25) is 0 Å². The summed E-state index contributed by atoms with van der Waals surface area (Å²) in [6.07, 6.45) is -0.539. The zero-order valence-corrected chi connectivity index (χ0v) is 10.7. The Hall–Kier alpha value is -1.59. The molecule has 0 fully saturated rings. The van der Waals surface area contributed by atoms with Crippen molar-refractivity contribution in [2.24, 2.45) is 0 Å². The Balaban J connectivity index is 2.41. The van der Waals surface area contributed by atoms with Gasteiger partial charge in [-0.25, -0.2) is 0 Å². The molecule has 18 heavy (non-hydrogen) atoms. The Kier molecular flexibility index (Phi) is 5.61. The highest BCUT2D eigenvalue weighted by Crippen LogP contribution is 2.13. The van der Waals surface area contributed by atoms with Crippen LogP contribution >= 0.6 is 0 Å². The number of carboxylic acids is 1. The molecule has 0 amide bonds. The van der Waals surface area contributed by atoms with Crippen molar-refractivity contribution in [1.29, 1.82) is 0 Å². The van der Waals surface area contributed by atoms with Crippen molar-refractivity contribution < 1.29 is 19.7 Å². The average molecular weight is 253 g/mol. The second-order valence-corrected chi connectivity index (χ2v) is 4.44. The van der Waals surface area contributed by atoms with Gasteiger partial charge in [-0.3, -0.25) is 4.79 Å². The molecule has 1 aromatic rings. The van der Waals surface area contributed by atoms with Gasteiger partial charge in [0.25, 0.3) is 0 Å². The molecule has 1 atom stereocenters. The lowest BCUT2D eigenvalue weighted by Gasteiger charge is -2.16. The van der Waals surface area contributed by atoms with Crippen LogP contribution in [0.2, 0.25) is 0 Å². The molecule has 1 aromatic carbocycles. The summed E-state index contributed by atoms with van der Waals surface area (Å²) in [6.45, 7) is 0.757. The van der Waals surface area contributed by atoms with E-state index in [-0.39, 0.29) is 13.0 Å². The van der Waals surface area contributed by atoms with Gasteiger partial charge in [0, 0.05) is 6.54 Å². The predicted molar refractivity (Wildman–Crippen MR) is 67.8 cm³/mol. The third kappa shape index (κ3) is 5.65. The zero-order chi connectivity index (χ0) is 13.5. The fourth-order valence-corrected chi connectivity index (χ4v) is 1.54. The Morgan fingerprint density at radius 2 is 1.94 bits per heavy atom.